The van der Waals surface area contributed by atoms with Crippen LogP contribution in [0.3, 0.4) is 0 Å². The molecule has 1 radical (unpaired) electrons. The minimum Gasteiger partial charge on any atom is -0.369 e. The van der Waals surface area contributed by atoms with Crippen LogP contribution in [0.15, 0.2) is 0 Å². The summed E-state index contributed by atoms with van der Waals surface area (Å²) in [6, 6.07) is 0. The summed E-state index contributed by atoms with van der Waals surface area (Å²) in [5.41, 5.74) is 9.74. The maximum atomic E-state index is 10.0. The second kappa shape index (κ2) is 2.58. The van der Waals surface area contributed by atoms with E-state index in [2.05, 4.69) is 0 Å². The summed E-state index contributed by atoms with van der Waals surface area (Å²) in [6.07, 6.45) is 0. The Morgan fingerprint density at radius 3 is 2.29 bits per heavy atom. The molecule has 0 aliphatic carbocycles. The maximum absolute atomic E-state index is 10.0. The zero-order chi connectivity index (χ0) is 5.86. The van der Waals surface area contributed by atoms with Gasteiger partial charge in [-0.25, -0.2) is 0 Å². The van der Waals surface area contributed by atoms with Gasteiger partial charge in [0.1, 0.15) is 0 Å². The summed E-state index contributed by atoms with van der Waals surface area (Å²) in [6.45, 7) is 2.91. The van der Waals surface area contributed by atoms with Crippen LogP contribution in [0, 0.1) is 12.5 Å². The molecule has 0 fully saturated rings. The smallest absolute Gasteiger partial charge is 0.221 e. The van der Waals surface area contributed by atoms with E-state index in [1.165, 1.54) is 6.54 Å². The third kappa shape index (κ3) is 2.17. The van der Waals surface area contributed by atoms with Crippen molar-refractivity contribution in [3.63, 3.8) is 0 Å². The van der Waals surface area contributed by atoms with Crippen LogP contribution in [0.25, 0.3) is 0 Å². The van der Waals surface area contributed by atoms with Gasteiger partial charge in [0, 0.05) is 6.54 Å². The molecule has 0 saturated carbocycles. The highest BCUT2D eigenvalue weighted by molar-refractivity contribution is 5.77. The number of rotatable bonds is 2. The number of primary amides is 1. The molecule has 1 atom stereocenters. The van der Waals surface area contributed by atoms with E-state index in [1.54, 1.807) is 6.92 Å². The van der Waals surface area contributed by atoms with Crippen molar-refractivity contribution in [3.05, 3.63) is 6.54 Å². The molecular formula is C4H9N2O. The van der Waals surface area contributed by atoms with Gasteiger partial charge in [-0.1, -0.05) is 6.92 Å². The van der Waals surface area contributed by atoms with E-state index in [9.17, 15) is 4.79 Å². The van der Waals surface area contributed by atoms with Gasteiger partial charge in [0.25, 0.3) is 0 Å². The van der Waals surface area contributed by atoms with Crippen LogP contribution >= 0.6 is 0 Å². The minimum atomic E-state index is -0.387. The van der Waals surface area contributed by atoms with Gasteiger partial charge in [-0.15, -0.1) is 0 Å². The lowest BCUT2D eigenvalue weighted by atomic mass is 10.2. The van der Waals surface area contributed by atoms with Crippen LogP contribution in [0.2, 0.25) is 0 Å². The zero-order valence-electron chi connectivity index (χ0n) is 4.22. The number of hydrogen-bond acceptors (Lipinski definition) is 2. The van der Waals surface area contributed by atoms with Crippen molar-refractivity contribution in [2.45, 2.75) is 6.92 Å². The molecule has 1 unspecified atom stereocenters. The number of nitrogens with two attached hydrogens (primary N) is 2. The molecule has 0 aliphatic heterocycles. The topological polar surface area (TPSA) is 69.1 Å². The fraction of sp³-hybridized carbons (Fsp3) is 0.500. The van der Waals surface area contributed by atoms with E-state index in [0.717, 1.165) is 0 Å². The molecule has 0 aromatic rings. The third-order valence-corrected chi connectivity index (χ3v) is 0.737. The Kier molecular flexibility index (Phi) is 2.37. The van der Waals surface area contributed by atoms with E-state index in [4.69, 9.17) is 11.5 Å². The lowest BCUT2D eigenvalue weighted by Crippen LogP contribution is -2.23. The van der Waals surface area contributed by atoms with Crippen LogP contribution in [0.1, 0.15) is 6.92 Å². The first-order valence-electron chi connectivity index (χ1n) is 2.03. The van der Waals surface area contributed by atoms with Crippen molar-refractivity contribution in [1.29, 1.82) is 0 Å². The lowest BCUT2D eigenvalue weighted by Gasteiger charge is -1.97. The zero-order valence-corrected chi connectivity index (χ0v) is 4.22. The van der Waals surface area contributed by atoms with Crippen LogP contribution in [-0.2, 0) is 4.79 Å². The molecular weight excluding hydrogens is 92.1 g/mol. The highest BCUT2D eigenvalue weighted by Gasteiger charge is 2.03. The molecule has 0 aromatic heterocycles. The van der Waals surface area contributed by atoms with Crippen LogP contribution < -0.4 is 11.5 Å². The highest BCUT2D eigenvalue weighted by atomic mass is 16.1. The average Bonchev–Trinajstić information content (AvgIpc) is 1.65. The van der Waals surface area contributed by atoms with E-state index in [1.807, 2.05) is 0 Å². The van der Waals surface area contributed by atoms with Crippen molar-refractivity contribution < 1.29 is 4.79 Å². The summed E-state index contributed by atoms with van der Waals surface area (Å²) >= 11 is 0. The second-order valence-electron chi connectivity index (χ2n) is 1.38. The first-order chi connectivity index (χ1) is 3.18. The van der Waals surface area contributed by atoms with Gasteiger partial charge in [-0.3, -0.25) is 4.79 Å². The Morgan fingerprint density at radius 2 is 2.29 bits per heavy atom. The monoisotopic (exact) mass is 101 g/mol. The fourth-order valence-corrected chi connectivity index (χ4v) is 0.0948. The summed E-state index contributed by atoms with van der Waals surface area (Å²) in [7, 11) is 0. The normalized spacial score (nSPS) is 13.4. The van der Waals surface area contributed by atoms with Gasteiger partial charge in [0.2, 0.25) is 5.91 Å². The Bertz CT molecular complexity index is 72.1. The van der Waals surface area contributed by atoms with Gasteiger partial charge >= 0.3 is 0 Å². The molecule has 0 aliphatic rings. The van der Waals surface area contributed by atoms with Gasteiger partial charge in [0.15, 0.2) is 0 Å². The van der Waals surface area contributed by atoms with E-state index < -0.39 is 0 Å². The van der Waals surface area contributed by atoms with Crippen LogP contribution in [-0.4, -0.2) is 5.91 Å². The van der Waals surface area contributed by atoms with Crippen LogP contribution in [0.4, 0.5) is 0 Å². The Balaban J connectivity index is 3.34. The second-order valence-corrected chi connectivity index (χ2v) is 1.38. The quantitative estimate of drug-likeness (QED) is 0.479. The van der Waals surface area contributed by atoms with Crippen molar-refractivity contribution in [2.75, 3.05) is 0 Å². The molecule has 0 spiro atoms. The number of amides is 1. The van der Waals surface area contributed by atoms with Gasteiger partial charge in [0.05, 0.1) is 5.92 Å². The Hall–Kier alpha value is -0.570. The SMILES string of the molecule is CC([CH]N)C(N)=O. The predicted octanol–water partition coefficient (Wildman–Crippen LogP) is -0.772. The van der Waals surface area contributed by atoms with Crippen LogP contribution in [0.5, 0.6) is 0 Å². The van der Waals surface area contributed by atoms with E-state index >= 15 is 0 Å². The maximum Gasteiger partial charge on any atom is 0.221 e. The van der Waals surface area contributed by atoms with E-state index in [-0.39, 0.29) is 11.8 Å². The minimum absolute atomic E-state index is 0.306. The van der Waals surface area contributed by atoms with Crippen molar-refractivity contribution in [1.82, 2.24) is 0 Å². The van der Waals surface area contributed by atoms with Crippen molar-refractivity contribution in [2.24, 2.45) is 17.4 Å². The predicted molar refractivity (Wildman–Crippen MR) is 26.8 cm³/mol. The number of carbonyl (C=O) groups excluding carboxylic acids is 1. The Labute approximate surface area is 42.7 Å². The molecule has 7 heavy (non-hydrogen) atoms. The standard InChI is InChI=1S/C4H9N2O/c1-3(2-5)4(6)7/h2-3H,5H2,1H3,(H2,6,7). The molecule has 41 valence electrons. The fourth-order valence-electron chi connectivity index (χ4n) is 0.0948. The summed E-state index contributed by atoms with van der Waals surface area (Å²) < 4.78 is 0. The molecule has 0 heterocycles. The largest absolute Gasteiger partial charge is 0.369 e. The molecule has 4 N–H and O–H groups in total. The number of carbonyl (C=O) groups is 1. The van der Waals surface area contributed by atoms with Gasteiger partial charge in [-0.05, 0) is 0 Å². The molecule has 1 amide bonds. The van der Waals surface area contributed by atoms with E-state index in [0.29, 0.717) is 0 Å². The molecule has 0 aromatic carbocycles. The number of hydrogen-bond donors (Lipinski definition) is 2. The molecule has 3 heteroatoms. The summed E-state index contributed by atoms with van der Waals surface area (Å²) in [5, 5.41) is 0. The molecule has 3 nitrogen and oxygen atoms in total. The first-order valence-corrected chi connectivity index (χ1v) is 2.03. The third-order valence-electron chi connectivity index (χ3n) is 0.737. The average molecular weight is 101 g/mol. The summed E-state index contributed by atoms with van der Waals surface area (Å²) in [4.78, 5) is 10.0. The van der Waals surface area contributed by atoms with Gasteiger partial charge in [-0.2, -0.15) is 0 Å². The molecule has 0 rings (SSSR count). The Morgan fingerprint density at radius 1 is 1.86 bits per heavy atom. The van der Waals surface area contributed by atoms with Crippen molar-refractivity contribution in [3.8, 4) is 0 Å². The molecule has 0 saturated heterocycles. The summed E-state index contributed by atoms with van der Waals surface area (Å²) in [5.74, 6) is -0.692. The first kappa shape index (κ1) is 6.43. The molecule has 0 bridgehead atoms. The van der Waals surface area contributed by atoms with Crippen molar-refractivity contribution >= 4 is 5.91 Å². The van der Waals surface area contributed by atoms with Gasteiger partial charge < -0.3 is 11.5 Å². The lowest BCUT2D eigenvalue weighted by molar-refractivity contribution is -0.120. The highest BCUT2D eigenvalue weighted by Crippen LogP contribution is 1.89.